The molecule has 180 valence electrons. The van der Waals surface area contributed by atoms with Crippen LogP contribution in [0, 0.1) is 0 Å². The van der Waals surface area contributed by atoms with Crippen LogP contribution >= 0.6 is 0 Å². The summed E-state index contributed by atoms with van der Waals surface area (Å²) in [5.74, 6) is 0.343. The van der Waals surface area contributed by atoms with Crippen LogP contribution in [0.4, 0.5) is 16.2 Å². The molecule has 1 aromatic heterocycles. The summed E-state index contributed by atoms with van der Waals surface area (Å²) >= 11 is 0. The fourth-order valence-corrected chi connectivity index (χ4v) is 3.88. The van der Waals surface area contributed by atoms with Crippen molar-refractivity contribution in [2.24, 2.45) is 0 Å². The predicted octanol–water partition coefficient (Wildman–Crippen LogP) is 3.86. The van der Waals surface area contributed by atoms with Gasteiger partial charge in [-0.25, -0.2) is 9.69 Å². The number of nitrogens with zero attached hydrogens (tertiary/aromatic N) is 3. The molecule has 1 fully saturated rings. The molecule has 0 unspecified atom stereocenters. The molecule has 2 heterocycles. The van der Waals surface area contributed by atoms with Crippen LogP contribution < -0.4 is 19.7 Å². The minimum atomic E-state index is -0.975. The second-order valence-electron chi connectivity index (χ2n) is 7.87. The Morgan fingerprint density at radius 1 is 1.06 bits per heavy atom. The van der Waals surface area contributed by atoms with Crippen molar-refractivity contribution >= 4 is 29.2 Å². The van der Waals surface area contributed by atoms with Crippen molar-refractivity contribution in [3.05, 3.63) is 78.6 Å². The number of hydrogen-bond donors (Lipinski definition) is 1. The quantitative estimate of drug-likeness (QED) is 0.473. The third-order valence-electron chi connectivity index (χ3n) is 5.53. The van der Waals surface area contributed by atoms with Crippen molar-refractivity contribution in [3.8, 4) is 11.5 Å². The van der Waals surface area contributed by atoms with Crippen LogP contribution in [-0.2, 0) is 16.1 Å². The van der Waals surface area contributed by atoms with Crippen LogP contribution in [0.5, 0.6) is 11.5 Å². The SMILES string of the molecule is CCOc1ccc(NC(=O)C[C@H]2C(=O)N(c3cccc(OC)c3)C(=O)N2Cc2cccnc2)cc1. The van der Waals surface area contributed by atoms with E-state index in [0.717, 1.165) is 10.5 Å². The van der Waals surface area contributed by atoms with Gasteiger partial charge in [-0.2, -0.15) is 0 Å². The second kappa shape index (κ2) is 10.7. The van der Waals surface area contributed by atoms with E-state index in [9.17, 15) is 14.4 Å². The first-order chi connectivity index (χ1) is 17.0. The van der Waals surface area contributed by atoms with E-state index in [2.05, 4.69) is 10.3 Å². The number of anilines is 2. The maximum absolute atomic E-state index is 13.4. The summed E-state index contributed by atoms with van der Waals surface area (Å²) in [5.41, 5.74) is 1.70. The Balaban J connectivity index is 1.56. The van der Waals surface area contributed by atoms with Gasteiger partial charge < -0.3 is 19.7 Å². The highest BCUT2D eigenvalue weighted by atomic mass is 16.5. The molecule has 0 spiro atoms. The van der Waals surface area contributed by atoms with Gasteiger partial charge in [0.2, 0.25) is 5.91 Å². The van der Waals surface area contributed by atoms with Gasteiger partial charge in [0.05, 0.1) is 25.8 Å². The summed E-state index contributed by atoms with van der Waals surface area (Å²) in [7, 11) is 1.51. The largest absolute Gasteiger partial charge is 0.497 e. The minimum absolute atomic E-state index is 0.139. The van der Waals surface area contributed by atoms with Crippen molar-refractivity contribution < 1.29 is 23.9 Å². The van der Waals surface area contributed by atoms with Gasteiger partial charge >= 0.3 is 6.03 Å². The summed E-state index contributed by atoms with van der Waals surface area (Å²) in [6.07, 6.45) is 3.06. The third kappa shape index (κ3) is 5.40. The van der Waals surface area contributed by atoms with Crippen LogP contribution in [-0.4, -0.2) is 47.5 Å². The summed E-state index contributed by atoms with van der Waals surface area (Å²) in [5, 5.41) is 2.80. The highest BCUT2D eigenvalue weighted by Gasteiger charge is 2.46. The molecule has 0 bridgehead atoms. The monoisotopic (exact) mass is 474 g/mol. The van der Waals surface area contributed by atoms with E-state index in [4.69, 9.17) is 9.47 Å². The molecule has 0 aliphatic carbocycles. The maximum Gasteiger partial charge on any atom is 0.332 e. The number of benzene rings is 2. The first-order valence-corrected chi connectivity index (χ1v) is 11.2. The van der Waals surface area contributed by atoms with Gasteiger partial charge in [0.25, 0.3) is 5.91 Å². The van der Waals surface area contributed by atoms with E-state index < -0.39 is 18.0 Å². The van der Waals surface area contributed by atoms with E-state index in [1.54, 1.807) is 67.0 Å². The number of aromatic nitrogens is 1. The fraction of sp³-hybridized carbons (Fsp3) is 0.231. The zero-order valence-corrected chi connectivity index (χ0v) is 19.5. The first kappa shape index (κ1) is 23.7. The molecule has 9 heteroatoms. The van der Waals surface area contributed by atoms with Crippen molar-refractivity contribution in [2.45, 2.75) is 25.9 Å². The smallest absolute Gasteiger partial charge is 0.332 e. The predicted molar refractivity (Wildman–Crippen MR) is 130 cm³/mol. The Hall–Kier alpha value is -4.40. The molecule has 3 aromatic rings. The van der Waals surface area contributed by atoms with Crippen LogP contribution in [0.15, 0.2) is 73.1 Å². The number of imide groups is 1. The number of carbonyl (C=O) groups excluding carboxylic acids is 3. The fourth-order valence-electron chi connectivity index (χ4n) is 3.88. The van der Waals surface area contributed by atoms with E-state index >= 15 is 0 Å². The zero-order valence-electron chi connectivity index (χ0n) is 19.5. The number of ether oxygens (including phenoxy) is 2. The third-order valence-corrected chi connectivity index (χ3v) is 5.53. The average Bonchev–Trinajstić information content (AvgIpc) is 3.10. The van der Waals surface area contributed by atoms with Gasteiger partial charge in [-0.3, -0.25) is 14.6 Å². The Bertz CT molecular complexity index is 1200. The molecule has 1 atom stereocenters. The Morgan fingerprint density at radius 3 is 2.54 bits per heavy atom. The lowest BCUT2D eigenvalue weighted by molar-refractivity contribution is -0.124. The Kier molecular flexibility index (Phi) is 7.25. The van der Waals surface area contributed by atoms with Crippen molar-refractivity contribution in [2.75, 3.05) is 23.9 Å². The average molecular weight is 475 g/mol. The lowest BCUT2D eigenvalue weighted by atomic mass is 10.1. The van der Waals surface area contributed by atoms with E-state index in [1.807, 2.05) is 13.0 Å². The van der Waals surface area contributed by atoms with Gasteiger partial charge in [-0.05, 0) is 55.0 Å². The topological polar surface area (TPSA) is 101 Å². The van der Waals surface area contributed by atoms with Gasteiger partial charge in [-0.15, -0.1) is 0 Å². The van der Waals surface area contributed by atoms with Gasteiger partial charge in [0, 0.05) is 30.7 Å². The van der Waals surface area contributed by atoms with Crippen molar-refractivity contribution in [3.63, 3.8) is 0 Å². The highest BCUT2D eigenvalue weighted by Crippen LogP contribution is 2.30. The van der Waals surface area contributed by atoms with E-state index in [1.165, 1.54) is 12.0 Å². The van der Waals surface area contributed by atoms with E-state index in [-0.39, 0.29) is 18.9 Å². The van der Waals surface area contributed by atoms with Gasteiger partial charge in [0.1, 0.15) is 17.5 Å². The Labute approximate surface area is 203 Å². The molecular weight excluding hydrogens is 448 g/mol. The van der Waals surface area contributed by atoms with Gasteiger partial charge in [-0.1, -0.05) is 12.1 Å². The molecule has 1 aliphatic rings. The second-order valence-corrected chi connectivity index (χ2v) is 7.87. The molecule has 1 saturated heterocycles. The van der Waals surface area contributed by atoms with Crippen molar-refractivity contribution in [1.82, 2.24) is 9.88 Å². The normalized spacial score (nSPS) is 15.3. The molecule has 1 N–H and O–H groups in total. The van der Waals surface area contributed by atoms with Crippen molar-refractivity contribution in [1.29, 1.82) is 0 Å². The summed E-state index contributed by atoms with van der Waals surface area (Å²) in [6, 6.07) is 15.7. The number of hydrogen-bond acceptors (Lipinski definition) is 6. The molecule has 1 aliphatic heterocycles. The van der Waals surface area contributed by atoms with E-state index in [0.29, 0.717) is 29.5 Å². The minimum Gasteiger partial charge on any atom is -0.497 e. The van der Waals surface area contributed by atoms with Crippen LogP contribution in [0.25, 0.3) is 0 Å². The molecule has 2 aromatic carbocycles. The number of urea groups is 1. The molecule has 0 saturated carbocycles. The number of methoxy groups -OCH3 is 1. The van der Waals surface area contributed by atoms with Gasteiger partial charge in [0.15, 0.2) is 0 Å². The van der Waals surface area contributed by atoms with Crippen LogP contribution in [0.2, 0.25) is 0 Å². The summed E-state index contributed by atoms with van der Waals surface area (Å²) < 4.78 is 10.7. The first-order valence-electron chi connectivity index (χ1n) is 11.2. The number of carbonyl (C=O) groups is 3. The standard InChI is InChI=1S/C26H26N4O5/c1-3-35-21-11-9-19(10-12-21)28-24(31)15-23-25(32)30(20-7-4-8-22(14-20)34-2)26(33)29(23)17-18-6-5-13-27-16-18/h4-14,16,23H,3,15,17H2,1-2H3,(H,28,31)/t23-/m0/s1. The summed E-state index contributed by atoms with van der Waals surface area (Å²) in [4.78, 5) is 46.3. The molecule has 35 heavy (non-hydrogen) atoms. The molecule has 4 rings (SSSR count). The maximum atomic E-state index is 13.4. The number of amides is 4. The number of rotatable bonds is 9. The highest BCUT2D eigenvalue weighted by molar-refractivity contribution is 6.22. The molecule has 0 radical (unpaired) electrons. The van der Waals surface area contributed by atoms with Crippen LogP contribution in [0.1, 0.15) is 18.9 Å². The molecular formula is C26H26N4O5. The van der Waals surface area contributed by atoms with Crippen LogP contribution in [0.3, 0.4) is 0 Å². The Morgan fingerprint density at radius 2 is 1.86 bits per heavy atom. The number of pyridine rings is 1. The number of nitrogens with one attached hydrogen (secondary N) is 1. The molecule has 9 nitrogen and oxygen atoms in total. The zero-order chi connectivity index (χ0) is 24.8. The summed E-state index contributed by atoms with van der Waals surface area (Å²) in [6.45, 7) is 2.57. The molecule has 4 amide bonds. The lowest BCUT2D eigenvalue weighted by Crippen LogP contribution is -2.37. The lowest BCUT2D eigenvalue weighted by Gasteiger charge is -2.21.